The lowest BCUT2D eigenvalue weighted by atomic mass is 9.99. The average Bonchev–Trinajstić information content (AvgIpc) is 2.57. The van der Waals surface area contributed by atoms with Gasteiger partial charge < -0.3 is 5.11 Å². The van der Waals surface area contributed by atoms with Gasteiger partial charge in [0.15, 0.2) is 0 Å². The van der Waals surface area contributed by atoms with E-state index >= 15 is 0 Å². The first kappa shape index (κ1) is 7.99. The summed E-state index contributed by atoms with van der Waals surface area (Å²) < 4.78 is 0. The maximum absolute atomic E-state index is 11.5. The molecule has 2 heteroatoms. The van der Waals surface area contributed by atoms with E-state index in [-0.39, 0.29) is 17.8 Å². The van der Waals surface area contributed by atoms with Gasteiger partial charge in [0.25, 0.3) is 0 Å². The molecular formula is C10H14O2. The van der Waals surface area contributed by atoms with Crippen LogP contribution in [0.3, 0.4) is 0 Å². The lowest BCUT2D eigenvalue weighted by Gasteiger charge is -2.06. The molecule has 12 heavy (non-hydrogen) atoms. The summed E-state index contributed by atoms with van der Waals surface area (Å²) in [5.74, 6) is 1.07. The number of aliphatic hydroxyl groups excluding tert-OH is 1. The van der Waals surface area contributed by atoms with Crippen molar-refractivity contribution in [2.75, 3.05) is 6.61 Å². The summed E-state index contributed by atoms with van der Waals surface area (Å²) in [5, 5.41) is 9.18. The van der Waals surface area contributed by atoms with Crippen LogP contribution in [0.25, 0.3) is 0 Å². The molecule has 0 aromatic carbocycles. The molecule has 2 saturated carbocycles. The third-order valence-corrected chi connectivity index (χ3v) is 3.44. The number of allylic oxidation sites excluding steroid dienone is 2. The van der Waals surface area contributed by atoms with Gasteiger partial charge in [-0.25, -0.2) is 0 Å². The van der Waals surface area contributed by atoms with Gasteiger partial charge in [0, 0.05) is 6.42 Å². The number of hydrogen-bond donors (Lipinski definition) is 1. The van der Waals surface area contributed by atoms with Crippen LogP contribution in [0, 0.1) is 17.3 Å². The Bertz CT molecular complexity index is 244. The smallest absolute Gasteiger partial charge is 0.142 e. The zero-order chi connectivity index (χ0) is 8.77. The van der Waals surface area contributed by atoms with Crippen LogP contribution in [0.5, 0.6) is 0 Å². The normalized spacial score (nSPS) is 45.3. The van der Waals surface area contributed by atoms with E-state index < -0.39 is 0 Å². The van der Waals surface area contributed by atoms with Crippen molar-refractivity contribution in [2.45, 2.75) is 19.8 Å². The number of fused-ring (bicyclic) bond motifs is 1. The number of carbonyl (C=O) groups excluding carboxylic acids is 1. The molecule has 1 N–H and O–H groups in total. The Kier molecular flexibility index (Phi) is 1.62. The Balaban J connectivity index is 2.21. The summed E-state index contributed by atoms with van der Waals surface area (Å²) in [6.45, 7) is 2.01. The first-order chi connectivity index (χ1) is 5.77. The molecule has 0 aromatic rings. The predicted molar refractivity (Wildman–Crippen MR) is 45.6 cm³/mol. The van der Waals surface area contributed by atoms with Crippen LogP contribution in [0.15, 0.2) is 12.2 Å². The predicted octanol–water partition coefficient (Wildman–Crippen LogP) is 1.15. The molecule has 2 nitrogen and oxygen atoms in total. The minimum absolute atomic E-state index is 0.0471. The number of aliphatic hydroxyl groups is 1. The zero-order valence-corrected chi connectivity index (χ0v) is 7.29. The van der Waals surface area contributed by atoms with Gasteiger partial charge in [-0.15, -0.1) is 0 Å². The molecule has 0 unspecified atom stereocenters. The Hall–Kier alpha value is -0.630. The van der Waals surface area contributed by atoms with E-state index in [1.165, 1.54) is 0 Å². The molecule has 0 amide bonds. The zero-order valence-electron chi connectivity index (χ0n) is 7.29. The quantitative estimate of drug-likeness (QED) is 0.625. The van der Waals surface area contributed by atoms with Crippen molar-refractivity contribution in [2.24, 2.45) is 17.3 Å². The molecular weight excluding hydrogens is 152 g/mol. The number of rotatable bonds is 2. The van der Waals surface area contributed by atoms with Gasteiger partial charge in [-0.1, -0.05) is 12.2 Å². The van der Waals surface area contributed by atoms with E-state index in [9.17, 15) is 9.90 Å². The molecule has 0 spiro atoms. The van der Waals surface area contributed by atoms with E-state index in [0.29, 0.717) is 18.3 Å². The van der Waals surface area contributed by atoms with E-state index in [1.54, 1.807) is 0 Å². The summed E-state index contributed by atoms with van der Waals surface area (Å²) in [6.07, 6.45) is 5.71. The van der Waals surface area contributed by atoms with Crippen molar-refractivity contribution in [3.05, 3.63) is 12.2 Å². The highest BCUT2D eigenvalue weighted by molar-refractivity contribution is 5.92. The van der Waals surface area contributed by atoms with Crippen LogP contribution in [0.2, 0.25) is 0 Å². The van der Waals surface area contributed by atoms with Crippen LogP contribution in [0.1, 0.15) is 19.8 Å². The second-order valence-corrected chi connectivity index (χ2v) is 3.82. The van der Waals surface area contributed by atoms with Gasteiger partial charge in [-0.3, -0.25) is 4.79 Å². The highest BCUT2D eigenvalue weighted by atomic mass is 16.3. The largest absolute Gasteiger partial charge is 0.395 e. The fraction of sp³-hybridized carbons (Fsp3) is 0.700. The summed E-state index contributed by atoms with van der Waals surface area (Å²) in [5.41, 5.74) is -0.341. The van der Waals surface area contributed by atoms with E-state index in [1.807, 2.05) is 13.0 Å². The molecule has 66 valence electrons. The van der Waals surface area contributed by atoms with Crippen LogP contribution in [-0.4, -0.2) is 17.5 Å². The van der Waals surface area contributed by atoms with E-state index in [4.69, 9.17) is 0 Å². The summed E-state index contributed by atoms with van der Waals surface area (Å²) in [6, 6.07) is 0. The van der Waals surface area contributed by atoms with Crippen molar-refractivity contribution in [3.63, 3.8) is 0 Å². The van der Waals surface area contributed by atoms with Crippen molar-refractivity contribution >= 4 is 5.78 Å². The highest BCUT2D eigenvalue weighted by Gasteiger charge is 2.69. The third kappa shape index (κ3) is 0.712. The number of hydrogen-bond acceptors (Lipinski definition) is 2. The molecule has 0 bridgehead atoms. The van der Waals surface area contributed by atoms with Gasteiger partial charge in [0.05, 0.1) is 12.0 Å². The van der Waals surface area contributed by atoms with Crippen LogP contribution in [0.4, 0.5) is 0 Å². The fourth-order valence-electron chi connectivity index (χ4n) is 2.72. The molecule has 0 saturated heterocycles. The standard InChI is InChI=1S/C10H14O2/c1-2-3-7-8-4-5-9(12)10(7,8)6-11/h2-3,7-8,11H,4-6H2,1H3/b3-2-/t7-,8-,10+/m0/s1. The minimum Gasteiger partial charge on any atom is -0.395 e. The van der Waals surface area contributed by atoms with Crippen molar-refractivity contribution in [1.82, 2.24) is 0 Å². The molecule has 0 aromatic heterocycles. The second-order valence-electron chi connectivity index (χ2n) is 3.82. The van der Waals surface area contributed by atoms with Gasteiger partial charge in [-0.05, 0) is 25.2 Å². The lowest BCUT2D eigenvalue weighted by molar-refractivity contribution is -0.124. The Morgan fingerprint density at radius 3 is 3.00 bits per heavy atom. The molecule has 2 aliphatic carbocycles. The molecule has 0 radical (unpaired) electrons. The molecule has 2 rings (SSSR count). The Morgan fingerprint density at radius 1 is 1.75 bits per heavy atom. The minimum atomic E-state index is -0.341. The van der Waals surface area contributed by atoms with Crippen molar-refractivity contribution < 1.29 is 9.90 Å². The van der Waals surface area contributed by atoms with Gasteiger partial charge in [0.1, 0.15) is 5.78 Å². The molecule has 2 aliphatic rings. The van der Waals surface area contributed by atoms with E-state index in [2.05, 4.69) is 6.08 Å². The van der Waals surface area contributed by atoms with Crippen molar-refractivity contribution in [3.8, 4) is 0 Å². The second kappa shape index (κ2) is 2.43. The van der Waals surface area contributed by atoms with Crippen molar-refractivity contribution in [1.29, 1.82) is 0 Å². The van der Waals surface area contributed by atoms with Crippen LogP contribution in [-0.2, 0) is 4.79 Å². The summed E-state index contributed by atoms with van der Waals surface area (Å²) in [7, 11) is 0. The van der Waals surface area contributed by atoms with Gasteiger partial charge >= 0.3 is 0 Å². The molecule has 2 fully saturated rings. The topological polar surface area (TPSA) is 37.3 Å². The summed E-state index contributed by atoms with van der Waals surface area (Å²) >= 11 is 0. The third-order valence-electron chi connectivity index (χ3n) is 3.44. The molecule has 3 atom stereocenters. The Labute approximate surface area is 72.3 Å². The number of carbonyl (C=O) groups is 1. The van der Waals surface area contributed by atoms with Gasteiger partial charge in [0.2, 0.25) is 0 Å². The lowest BCUT2D eigenvalue weighted by Crippen LogP contribution is -2.19. The first-order valence-electron chi connectivity index (χ1n) is 4.54. The van der Waals surface area contributed by atoms with E-state index in [0.717, 1.165) is 6.42 Å². The maximum Gasteiger partial charge on any atom is 0.142 e. The van der Waals surface area contributed by atoms with Crippen LogP contribution >= 0.6 is 0 Å². The first-order valence-corrected chi connectivity index (χ1v) is 4.54. The molecule has 0 heterocycles. The Morgan fingerprint density at radius 2 is 2.50 bits per heavy atom. The van der Waals surface area contributed by atoms with Crippen LogP contribution < -0.4 is 0 Å². The average molecular weight is 166 g/mol. The maximum atomic E-state index is 11.5. The SMILES string of the molecule is C/C=C\[C@H]1[C@@H]2CCC(=O)[C@]12CO. The molecule has 0 aliphatic heterocycles. The monoisotopic (exact) mass is 166 g/mol. The number of ketones is 1. The van der Waals surface area contributed by atoms with Gasteiger partial charge in [-0.2, -0.15) is 0 Å². The summed E-state index contributed by atoms with van der Waals surface area (Å²) in [4.78, 5) is 11.5. The highest BCUT2D eigenvalue weighted by Crippen LogP contribution is 2.66. The number of Topliss-reactive ketones (excluding diaryl/α,β-unsaturated/α-hetero) is 1. The fourth-order valence-corrected chi connectivity index (χ4v) is 2.72.